The average Bonchev–Trinajstić information content (AvgIpc) is 2.91. The minimum Gasteiger partial charge on any atom is -0.480 e. The van der Waals surface area contributed by atoms with Crippen LogP contribution in [-0.4, -0.2) is 41.0 Å². The number of rotatable bonds is 6. The smallest absolute Gasteiger partial charge is 0.317 e. The maximum Gasteiger partial charge on any atom is 0.317 e. The SMILES string of the molecule is O=C(O)CN(CC(=O)Nc1cccc(I)c1)C1CCCC1. The number of amides is 1. The predicted molar refractivity (Wildman–Crippen MR) is 89.3 cm³/mol. The number of aliphatic carboxylic acids is 1. The van der Waals surface area contributed by atoms with Crippen molar-refractivity contribution in [2.24, 2.45) is 0 Å². The first-order valence-electron chi connectivity index (χ1n) is 7.06. The van der Waals surface area contributed by atoms with Gasteiger partial charge in [0.05, 0.1) is 13.1 Å². The van der Waals surface area contributed by atoms with Crippen molar-refractivity contribution in [2.45, 2.75) is 31.7 Å². The molecule has 1 fully saturated rings. The van der Waals surface area contributed by atoms with E-state index < -0.39 is 5.97 Å². The molecule has 1 aromatic rings. The van der Waals surface area contributed by atoms with Crippen molar-refractivity contribution in [3.05, 3.63) is 27.8 Å². The molecule has 0 spiro atoms. The van der Waals surface area contributed by atoms with Crippen LogP contribution < -0.4 is 5.32 Å². The Balaban J connectivity index is 1.95. The van der Waals surface area contributed by atoms with Gasteiger partial charge in [-0.25, -0.2) is 0 Å². The fourth-order valence-electron chi connectivity index (χ4n) is 2.71. The van der Waals surface area contributed by atoms with Crippen LogP contribution >= 0.6 is 22.6 Å². The molecule has 5 nitrogen and oxygen atoms in total. The van der Waals surface area contributed by atoms with Gasteiger partial charge < -0.3 is 10.4 Å². The predicted octanol–water partition coefficient (Wildman–Crippen LogP) is 2.56. The van der Waals surface area contributed by atoms with Crippen LogP contribution in [0.15, 0.2) is 24.3 Å². The molecule has 0 heterocycles. The first-order chi connectivity index (χ1) is 10.0. The molecular formula is C15H19IN2O3. The van der Waals surface area contributed by atoms with Gasteiger partial charge in [0.25, 0.3) is 0 Å². The second-order valence-electron chi connectivity index (χ2n) is 5.30. The summed E-state index contributed by atoms with van der Waals surface area (Å²) in [6, 6.07) is 7.75. The molecule has 1 amide bonds. The summed E-state index contributed by atoms with van der Waals surface area (Å²) in [6.45, 7) is 0.0485. The molecule has 0 aliphatic heterocycles. The highest BCUT2D eigenvalue weighted by molar-refractivity contribution is 14.1. The molecule has 1 aliphatic carbocycles. The molecule has 21 heavy (non-hydrogen) atoms. The summed E-state index contributed by atoms with van der Waals surface area (Å²) in [4.78, 5) is 24.9. The minimum absolute atomic E-state index is 0.0790. The van der Waals surface area contributed by atoms with E-state index in [1.807, 2.05) is 24.3 Å². The Morgan fingerprint density at radius 3 is 2.62 bits per heavy atom. The van der Waals surface area contributed by atoms with Crippen LogP contribution in [0, 0.1) is 3.57 Å². The van der Waals surface area contributed by atoms with E-state index in [-0.39, 0.29) is 25.0 Å². The Kier molecular flexibility index (Phi) is 5.98. The normalized spacial score (nSPS) is 15.3. The van der Waals surface area contributed by atoms with Gasteiger partial charge in [-0.1, -0.05) is 18.9 Å². The van der Waals surface area contributed by atoms with Crippen molar-refractivity contribution >= 4 is 40.2 Å². The quantitative estimate of drug-likeness (QED) is 0.718. The van der Waals surface area contributed by atoms with Crippen LogP contribution in [0.4, 0.5) is 5.69 Å². The molecule has 114 valence electrons. The van der Waals surface area contributed by atoms with E-state index in [9.17, 15) is 9.59 Å². The number of carboxylic acid groups (broad SMARTS) is 1. The number of hydrogen-bond acceptors (Lipinski definition) is 3. The van der Waals surface area contributed by atoms with Gasteiger partial charge in [-0.15, -0.1) is 0 Å². The number of carboxylic acids is 1. The molecule has 0 bridgehead atoms. The Bertz CT molecular complexity index is 515. The zero-order chi connectivity index (χ0) is 15.2. The molecule has 0 radical (unpaired) electrons. The summed E-state index contributed by atoms with van der Waals surface area (Å²) in [5.74, 6) is -1.05. The minimum atomic E-state index is -0.885. The Labute approximate surface area is 137 Å². The molecule has 6 heteroatoms. The Hall–Kier alpha value is -1.15. The highest BCUT2D eigenvalue weighted by Crippen LogP contribution is 2.23. The van der Waals surface area contributed by atoms with Crippen LogP contribution in [0.25, 0.3) is 0 Å². The Morgan fingerprint density at radius 1 is 1.29 bits per heavy atom. The van der Waals surface area contributed by atoms with Gasteiger partial charge in [0.1, 0.15) is 0 Å². The standard InChI is InChI=1S/C15H19IN2O3/c16-11-4-3-5-12(8-11)17-14(19)9-18(10-15(20)21)13-6-1-2-7-13/h3-5,8,13H,1-2,6-7,9-10H2,(H,17,19)(H,20,21). The first-order valence-corrected chi connectivity index (χ1v) is 8.14. The molecule has 1 aliphatic rings. The van der Waals surface area contributed by atoms with E-state index in [2.05, 4.69) is 27.9 Å². The average molecular weight is 402 g/mol. The largest absolute Gasteiger partial charge is 0.480 e. The van der Waals surface area contributed by atoms with Crippen molar-refractivity contribution in [1.82, 2.24) is 4.90 Å². The second-order valence-corrected chi connectivity index (χ2v) is 6.54. The van der Waals surface area contributed by atoms with Gasteiger partial charge in [-0.3, -0.25) is 14.5 Å². The molecule has 1 aromatic carbocycles. The summed E-state index contributed by atoms with van der Waals surface area (Å²) < 4.78 is 1.04. The summed E-state index contributed by atoms with van der Waals surface area (Å²) in [5.41, 5.74) is 0.744. The maximum absolute atomic E-state index is 12.1. The van der Waals surface area contributed by atoms with Gasteiger partial charge in [0, 0.05) is 15.3 Å². The number of halogens is 1. The lowest BCUT2D eigenvalue weighted by molar-refractivity contribution is -0.139. The molecule has 1 saturated carbocycles. The topological polar surface area (TPSA) is 69.6 Å². The Morgan fingerprint density at radius 2 is 2.00 bits per heavy atom. The third kappa shape index (κ3) is 5.28. The summed E-state index contributed by atoms with van der Waals surface area (Å²) in [6.07, 6.45) is 4.17. The number of nitrogens with one attached hydrogen (secondary N) is 1. The lowest BCUT2D eigenvalue weighted by Gasteiger charge is -2.26. The van der Waals surface area contributed by atoms with Gasteiger partial charge in [0.2, 0.25) is 5.91 Å². The van der Waals surface area contributed by atoms with E-state index in [1.54, 1.807) is 4.90 Å². The number of nitrogens with zero attached hydrogens (tertiary/aromatic N) is 1. The van der Waals surface area contributed by atoms with Crippen molar-refractivity contribution in [3.8, 4) is 0 Å². The van der Waals surface area contributed by atoms with E-state index >= 15 is 0 Å². The number of anilines is 1. The molecule has 0 aromatic heterocycles. The van der Waals surface area contributed by atoms with Gasteiger partial charge >= 0.3 is 5.97 Å². The fraction of sp³-hybridized carbons (Fsp3) is 0.467. The summed E-state index contributed by atoms with van der Waals surface area (Å²) in [5, 5.41) is 11.8. The zero-order valence-electron chi connectivity index (χ0n) is 11.7. The molecule has 0 atom stereocenters. The van der Waals surface area contributed by atoms with Crippen molar-refractivity contribution in [1.29, 1.82) is 0 Å². The van der Waals surface area contributed by atoms with Crippen molar-refractivity contribution in [2.75, 3.05) is 18.4 Å². The third-order valence-electron chi connectivity index (χ3n) is 3.63. The highest BCUT2D eigenvalue weighted by atomic mass is 127. The lowest BCUT2D eigenvalue weighted by Crippen LogP contribution is -2.42. The first kappa shape index (κ1) is 16.2. The third-order valence-corrected chi connectivity index (χ3v) is 4.31. The summed E-state index contributed by atoms with van der Waals surface area (Å²) in [7, 11) is 0. The number of carbonyl (C=O) groups excluding carboxylic acids is 1. The van der Waals surface area contributed by atoms with E-state index in [0.29, 0.717) is 0 Å². The van der Waals surface area contributed by atoms with Crippen LogP contribution in [0.3, 0.4) is 0 Å². The molecule has 2 N–H and O–H groups in total. The van der Waals surface area contributed by atoms with Crippen LogP contribution in [0.1, 0.15) is 25.7 Å². The van der Waals surface area contributed by atoms with Crippen LogP contribution in [0.5, 0.6) is 0 Å². The van der Waals surface area contributed by atoms with Crippen LogP contribution in [-0.2, 0) is 9.59 Å². The summed E-state index contributed by atoms with van der Waals surface area (Å²) >= 11 is 2.19. The number of benzene rings is 1. The van der Waals surface area contributed by atoms with E-state index in [4.69, 9.17) is 5.11 Å². The molecular weight excluding hydrogens is 383 g/mol. The zero-order valence-corrected chi connectivity index (χ0v) is 13.9. The number of carbonyl (C=O) groups is 2. The van der Waals surface area contributed by atoms with Crippen LogP contribution in [0.2, 0.25) is 0 Å². The van der Waals surface area contributed by atoms with E-state index in [0.717, 1.165) is 34.9 Å². The molecule has 0 saturated heterocycles. The lowest BCUT2D eigenvalue weighted by atomic mass is 10.2. The van der Waals surface area contributed by atoms with Gasteiger partial charge in [0.15, 0.2) is 0 Å². The molecule has 2 rings (SSSR count). The second kappa shape index (κ2) is 7.74. The van der Waals surface area contributed by atoms with Gasteiger partial charge in [-0.05, 0) is 53.6 Å². The maximum atomic E-state index is 12.1. The van der Waals surface area contributed by atoms with Gasteiger partial charge in [-0.2, -0.15) is 0 Å². The highest BCUT2D eigenvalue weighted by Gasteiger charge is 2.26. The fourth-order valence-corrected chi connectivity index (χ4v) is 3.25. The van der Waals surface area contributed by atoms with E-state index in [1.165, 1.54) is 0 Å². The van der Waals surface area contributed by atoms with Crippen molar-refractivity contribution < 1.29 is 14.7 Å². The monoisotopic (exact) mass is 402 g/mol. The van der Waals surface area contributed by atoms with Crippen molar-refractivity contribution in [3.63, 3.8) is 0 Å². The number of hydrogen-bond donors (Lipinski definition) is 2. The molecule has 0 unspecified atom stereocenters.